The van der Waals surface area contributed by atoms with Crippen molar-refractivity contribution in [2.24, 2.45) is 17.8 Å². The summed E-state index contributed by atoms with van der Waals surface area (Å²) in [7, 11) is 6.83. The third-order valence-corrected chi connectivity index (χ3v) is 10.7. The Kier molecular flexibility index (Phi) is 11.8. The predicted molar refractivity (Wildman–Crippen MR) is 198 cm³/mol. The average Bonchev–Trinajstić information content (AvgIpc) is 3.57. The van der Waals surface area contributed by atoms with E-state index in [1.165, 1.54) is 50.1 Å². The maximum Gasteiger partial charge on any atom is 0.514 e. The van der Waals surface area contributed by atoms with Crippen LogP contribution < -0.4 is 24.7 Å². The van der Waals surface area contributed by atoms with E-state index in [4.69, 9.17) is 44.0 Å². The quantitative estimate of drug-likeness (QED) is 0.0853. The molecule has 5 atom stereocenters. The van der Waals surface area contributed by atoms with Crippen molar-refractivity contribution in [1.29, 1.82) is 0 Å². The van der Waals surface area contributed by atoms with E-state index in [1.807, 2.05) is 12.1 Å². The standard InChI is InChI=1S/C39H43N3O10.CH4O/c1-46-25-8-9-27-28-10-11-42-19-23-13-26(16-30(38(44)49-4)29(23)18-32(42)35(28)41-31(27)17-25)51-37(43)22-14-33(47-2)36(34(15-22)48-3)52-39(45)50-20-21-6-5-7-24(40)12-21;1-2/h5-9,12,14-15,17,23,26,29-30,32,41H,10-11,13,16,18-20,40H2,1-4H3;2H,1H3/t23-,26?,29+,30?,32?;/m1./s1. The Morgan fingerprint density at radius 3 is 2.37 bits per heavy atom. The van der Waals surface area contributed by atoms with Gasteiger partial charge in [0, 0.05) is 48.5 Å². The fourth-order valence-electron chi connectivity index (χ4n) is 8.31. The summed E-state index contributed by atoms with van der Waals surface area (Å²) < 4.78 is 38.5. The Bertz CT molecular complexity index is 1970. The smallest absolute Gasteiger partial charge is 0.497 e. The SMILES string of the molecule is CO.COC(=O)C1CC(OC(=O)c2cc(OC)c(OC(=O)OCc3cccc(N)c3)c(OC)c2)C[C@@H]2CN3CCc4c([nH]c5cc(OC)ccc45)C3C[C@H]12. The molecule has 2 aliphatic heterocycles. The number of aromatic amines is 1. The Morgan fingerprint density at radius 2 is 1.69 bits per heavy atom. The van der Waals surface area contributed by atoms with Gasteiger partial charge < -0.3 is 49.0 Å². The number of hydrogen-bond donors (Lipinski definition) is 3. The number of nitrogen functional groups attached to an aromatic ring is 1. The van der Waals surface area contributed by atoms with E-state index in [0.29, 0.717) is 24.1 Å². The van der Waals surface area contributed by atoms with E-state index in [0.717, 1.165) is 44.3 Å². The van der Waals surface area contributed by atoms with Crippen molar-refractivity contribution in [1.82, 2.24) is 9.88 Å². The van der Waals surface area contributed by atoms with Crippen molar-refractivity contribution in [3.8, 4) is 23.0 Å². The summed E-state index contributed by atoms with van der Waals surface area (Å²) in [6.45, 7) is 1.61. The van der Waals surface area contributed by atoms with Gasteiger partial charge in [0.05, 0.1) is 46.0 Å². The number of esters is 2. The number of carbonyl (C=O) groups is 3. The summed E-state index contributed by atoms with van der Waals surface area (Å²) in [5.41, 5.74) is 10.7. The third-order valence-electron chi connectivity index (χ3n) is 10.7. The normalized spacial score (nSPS) is 21.6. The van der Waals surface area contributed by atoms with Gasteiger partial charge in [0.15, 0.2) is 11.5 Å². The predicted octanol–water partition coefficient (Wildman–Crippen LogP) is 5.44. The molecule has 3 aliphatic rings. The van der Waals surface area contributed by atoms with Crippen LogP contribution in [0.15, 0.2) is 54.6 Å². The molecule has 3 unspecified atom stereocenters. The van der Waals surface area contributed by atoms with E-state index >= 15 is 0 Å². The molecular formula is C40H47N3O11. The molecule has 1 aliphatic carbocycles. The first-order valence-electron chi connectivity index (χ1n) is 17.8. The van der Waals surface area contributed by atoms with Gasteiger partial charge in [-0.2, -0.15) is 0 Å². The molecule has 7 rings (SSSR count). The van der Waals surface area contributed by atoms with Gasteiger partial charge >= 0.3 is 18.1 Å². The topological polar surface area (TPSA) is 181 Å². The summed E-state index contributed by atoms with van der Waals surface area (Å²) >= 11 is 0. The van der Waals surface area contributed by atoms with Gasteiger partial charge in [-0.3, -0.25) is 9.69 Å². The van der Waals surface area contributed by atoms with Gasteiger partial charge in [-0.15, -0.1) is 0 Å². The molecule has 288 valence electrons. The first-order chi connectivity index (χ1) is 26.2. The number of aliphatic hydroxyl groups is 1. The van der Waals surface area contributed by atoms with Gasteiger partial charge in [-0.25, -0.2) is 9.59 Å². The van der Waals surface area contributed by atoms with Crippen molar-refractivity contribution in [2.45, 2.75) is 44.4 Å². The fourth-order valence-corrected chi connectivity index (χ4v) is 8.31. The number of H-pyrrole nitrogens is 1. The number of benzene rings is 3. The van der Waals surface area contributed by atoms with Crippen LogP contribution in [0.3, 0.4) is 0 Å². The summed E-state index contributed by atoms with van der Waals surface area (Å²) in [6, 6.07) is 16.0. The Hall–Kier alpha value is -5.47. The van der Waals surface area contributed by atoms with Crippen LogP contribution in [0.25, 0.3) is 10.9 Å². The first-order valence-corrected chi connectivity index (χ1v) is 17.8. The van der Waals surface area contributed by atoms with E-state index in [9.17, 15) is 14.4 Å². The number of methoxy groups -OCH3 is 4. The number of aliphatic hydroxyl groups excluding tert-OH is 1. The van der Waals surface area contributed by atoms with Crippen LogP contribution in [0.4, 0.5) is 10.5 Å². The zero-order chi connectivity index (χ0) is 38.5. The number of nitrogens with two attached hydrogens (primary N) is 1. The number of fused-ring (bicyclic) bond motifs is 6. The fraction of sp³-hybridized carbons (Fsp3) is 0.425. The van der Waals surface area contributed by atoms with E-state index < -0.39 is 24.1 Å². The van der Waals surface area contributed by atoms with Crippen molar-refractivity contribution in [3.63, 3.8) is 0 Å². The highest BCUT2D eigenvalue weighted by Crippen LogP contribution is 2.50. The van der Waals surface area contributed by atoms with Crippen LogP contribution in [-0.2, 0) is 32.0 Å². The molecule has 4 N–H and O–H groups in total. The number of nitrogens with zero attached hydrogens (tertiary/aromatic N) is 1. The molecule has 0 spiro atoms. The molecule has 14 nitrogen and oxygen atoms in total. The molecule has 0 bridgehead atoms. The number of rotatable bonds is 9. The lowest BCUT2D eigenvalue weighted by atomic mass is 9.65. The Labute approximate surface area is 313 Å². The molecule has 0 amide bonds. The highest BCUT2D eigenvalue weighted by molar-refractivity contribution is 5.91. The number of piperidine rings is 1. The monoisotopic (exact) mass is 745 g/mol. The summed E-state index contributed by atoms with van der Waals surface area (Å²) in [4.78, 5) is 45.7. The van der Waals surface area contributed by atoms with Crippen LogP contribution in [0, 0.1) is 17.8 Å². The number of hydrogen-bond acceptors (Lipinski definition) is 13. The van der Waals surface area contributed by atoms with Crippen LogP contribution >= 0.6 is 0 Å². The largest absolute Gasteiger partial charge is 0.514 e. The van der Waals surface area contributed by atoms with Crippen molar-refractivity contribution < 1.29 is 52.6 Å². The molecule has 1 saturated heterocycles. The number of ether oxygens (including phenoxy) is 7. The summed E-state index contributed by atoms with van der Waals surface area (Å²) in [6.07, 6.45) is 1.14. The maximum absolute atomic E-state index is 13.7. The number of anilines is 1. The molecule has 2 fully saturated rings. The Morgan fingerprint density at radius 1 is 0.926 bits per heavy atom. The Balaban J connectivity index is 0.00000245. The number of nitrogens with one attached hydrogen (secondary N) is 1. The number of carbonyl (C=O) groups excluding carboxylic acids is 3. The molecular weight excluding hydrogens is 698 g/mol. The zero-order valence-corrected chi connectivity index (χ0v) is 31.1. The second-order valence-electron chi connectivity index (χ2n) is 13.6. The van der Waals surface area contributed by atoms with Crippen LogP contribution in [0.2, 0.25) is 0 Å². The zero-order valence-electron chi connectivity index (χ0n) is 31.1. The lowest BCUT2D eigenvalue weighted by molar-refractivity contribution is -0.155. The van der Waals surface area contributed by atoms with Gasteiger partial charge in [0.1, 0.15) is 18.5 Å². The molecule has 54 heavy (non-hydrogen) atoms. The lowest BCUT2D eigenvalue weighted by Crippen LogP contribution is -2.52. The second-order valence-corrected chi connectivity index (χ2v) is 13.6. The summed E-state index contributed by atoms with van der Waals surface area (Å²) in [5, 5.41) is 8.21. The minimum Gasteiger partial charge on any atom is -0.497 e. The van der Waals surface area contributed by atoms with Crippen LogP contribution in [-0.4, -0.2) is 87.8 Å². The molecule has 1 aromatic heterocycles. The molecule has 3 aromatic carbocycles. The highest BCUT2D eigenvalue weighted by Gasteiger charge is 2.49. The van der Waals surface area contributed by atoms with Gasteiger partial charge in [0.25, 0.3) is 0 Å². The van der Waals surface area contributed by atoms with Crippen LogP contribution in [0.5, 0.6) is 23.0 Å². The minimum atomic E-state index is -0.996. The highest BCUT2D eigenvalue weighted by atomic mass is 16.7. The number of aromatic nitrogens is 1. The van der Waals surface area contributed by atoms with Crippen molar-refractivity contribution in [2.75, 3.05) is 54.4 Å². The minimum absolute atomic E-state index is 0.0547. The second kappa shape index (κ2) is 16.7. The third kappa shape index (κ3) is 7.75. The van der Waals surface area contributed by atoms with Crippen molar-refractivity contribution >= 4 is 34.7 Å². The lowest BCUT2D eigenvalue weighted by Gasteiger charge is -2.51. The molecule has 3 heterocycles. The first kappa shape index (κ1) is 38.3. The van der Waals surface area contributed by atoms with Gasteiger partial charge in [0.2, 0.25) is 5.75 Å². The molecule has 0 radical (unpaired) electrons. The van der Waals surface area contributed by atoms with Crippen molar-refractivity contribution in [3.05, 3.63) is 77.0 Å². The van der Waals surface area contributed by atoms with Gasteiger partial charge in [-0.05, 0) is 85.0 Å². The van der Waals surface area contributed by atoms with E-state index in [2.05, 4.69) is 16.0 Å². The van der Waals surface area contributed by atoms with Gasteiger partial charge in [-0.1, -0.05) is 12.1 Å². The summed E-state index contributed by atoms with van der Waals surface area (Å²) in [5.74, 6) is -0.279. The average molecular weight is 746 g/mol. The van der Waals surface area contributed by atoms with E-state index in [-0.39, 0.29) is 53.3 Å². The molecule has 14 heteroatoms. The molecule has 1 saturated carbocycles. The van der Waals surface area contributed by atoms with E-state index in [1.54, 1.807) is 31.4 Å². The van der Waals surface area contributed by atoms with Crippen LogP contribution in [0.1, 0.15) is 52.5 Å². The molecule has 4 aromatic rings. The maximum atomic E-state index is 13.7.